The van der Waals surface area contributed by atoms with Crippen LogP contribution in [-0.4, -0.2) is 25.4 Å². The molecule has 136 valence electrons. The van der Waals surface area contributed by atoms with Crippen LogP contribution in [0.4, 0.5) is 0 Å². The first kappa shape index (κ1) is 18.9. The molecule has 0 aromatic carbocycles. The fourth-order valence-electron chi connectivity index (χ4n) is 2.63. The molecule has 0 atom stereocenters. The normalized spacial score (nSPS) is 12.9. The van der Waals surface area contributed by atoms with Crippen LogP contribution in [0.2, 0.25) is 0 Å². The van der Waals surface area contributed by atoms with Crippen LogP contribution in [0.1, 0.15) is 41.2 Å². The summed E-state index contributed by atoms with van der Waals surface area (Å²) in [4.78, 5) is 21.5. The Hall–Kier alpha value is -2.86. The maximum absolute atomic E-state index is 12.9. The smallest absolute Gasteiger partial charge is 0.216 e. The third-order valence-electron chi connectivity index (χ3n) is 4.00. The topological polar surface area (TPSA) is 60.2 Å². The van der Waals surface area contributed by atoms with Gasteiger partial charge >= 0.3 is 0 Å². The minimum atomic E-state index is -0.194. The van der Waals surface area contributed by atoms with Crippen molar-refractivity contribution in [3.05, 3.63) is 88.1 Å². The Balaban J connectivity index is 2.13. The molecule has 0 amide bonds. The summed E-state index contributed by atoms with van der Waals surface area (Å²) in [6.45, 7) is 5.84. The summed E-state index contributed by atoms with van der Waals surface area (Å²) in [7, 11) is 0. The van der Waals surface area contributed by atoms with Gasteiger partial charge in [0.1, 0.15) is 5.69 Å². The Morgan fingerprint density at radius 2 is 1.96 bits per heavy atom. The van der Waals surface area contributed by atoms with Gasteiger partial charge in [-0.2, -0.15) is 5.10 Å². The molecule has 3 aromatic rings. The number of aryl methyl sites for hydroxylation is 1. The fourth-order valence-corrected chi connectivity index (χ4v) is 2.88. The van der Waals surface area contributed by atoms with Crippen molar-refractivity contribution >= 4 is 32.9 Å². The molecule has 6 heteroatoms. The van der Waals surface area contributed by atoms with E-state index in [1.165, 1.54) is 0 Å². The summed E-state index contributed by atoms with van der Waals surface area (Å²) in [5.41, 5.74) is 4.11. The highest BCUT2D eigenvalue weighted by Gasteiger charge is 2.18. The van der Waals surface area contributed by atoms with Crippen LogP contribution >= 0.6 is 15.9 Å². The van der Waals surface area contributed by atoms with Gasteiger partial charge in [-0.3, -0.25) is 9.78 Å². The minimum absolute atomic E-state index is 0.194. The van der Waals surface area contributed by atoms with Crippen LogP contribution < -0.4 is 0 Å². The lowest BCUT2D eigenvalue weighted by Gasteiger charge is -2.06. The maximum atomic E-state index is 12.9. The SMILES string of the molecule is C\C=C/C(=C\C(Br)=C\C)c1ccnc2c(C(=O)c3ccc(C)cn3)cnn12. The quantitative estimate of drug-likeness (QED) is 0.432. The number of nitrogens with zero attached hydrogens (tertiary/aromatic N) is 4. The van der Waals surface area contributed by atoms with Crippen molar-refractivity contribution in [3.8, 4) is 0 Å². The molecule has 0 aliphatic rings. The predicted molar refractivity (Wildman–Crippen MR) is 111 cm³/mol. The standard InChI is InChI=1S/C21H19BrN4O/c1-4-6-15(11-16(22)5-2)19-9-10-23-21-17(13-25-26(19)21)20(27)18-8-7-14(3)12-24-18/h4-13H,1-3H3/b6-4-,15-11+,16-5-. The van der Waals surface area contributed by atoms with Gasteiger partial charge < -0.3 is 0 Å². The molecule has 0 N–H and O–H groups in total. The lowest BCUT2D eigenvalue weighted by atomic mass is 10.1. The zero-order valence-corrected chi connectivity index (χ0v) is 16.9. The molecule has 0 spiro atoms. The summed E-state index contributed by atoms with van der Waals surface area (Å²) in [5, 5.41) is 4.42. The number of carbonyl (C=O) groups excluding carboxylic acids is 1. The van der Waals surface area contributed by atoms with Gasteiger partial charge in [-0.05, 0) is 44.5 Å². The number of allylic oxidation sites excluding steroid dienone is 6. The molecule has 0 bridgehead atoms. The average molecular weight is 423 g/mol. The monoisotopic (exact) mass is 422 g/mol. The van der Waals surface area contributed by atoms with E-state index >= 15 is 0 Å². The number of hydrogen-bond donors (Lipinski definition) is 0. The molecular weight excluding hydrogens is 404 g/mol. The van der Waals surface area contributed by atoms with E-state index in [9.17, 15) is 4.79 Å². The summed E-state index contributed by atoms with van der Waals surface area (Å²) in [6.07, 6.45) is 12.8. The van der Waals surface area contributed by atoms with Crippen molar-refractivity contribution in [2.75, 3.05) is 0 Å². The van der Waals surface area contributed by atoms with Crippen LogP contribution in [0.15, 0.2) is 65.6 Å². The van der Waals surface area contributed by atoms with Gasteiger partial charge in [0.2, 0.25) is 5.78 Å². The van der Waals surface area contributed by atoms with E-state index in [1.807, 2.05) is 57.2 Å². The second-order valence-corrected chi connectivity index (χ2v) is 6.86. The van der Waals surface area contributed by atoms with Gasteiger partial charge in [-0.25, -0.2) is 9.50 Å². The Kier molecular flexibility index (Phi) is 5.76. The molecule has 0 aliphatic heterocycles. The molecule has 3 rings (SSSR count). The highest BCUT2D eigenvalue weighted by atomic mass is 79.9. The molecule has 0 saturated heterocycles. The maximum Gasteiger partial charge on any atom is 0.216 e. The van der Waals surface area contributed by atoms with Crippen LogP contribution in [-0.2, 0) is 0 Å². The first-order valence-electron chi connectivity index (χ1n) is 8.51. The third-order valence-corrected chi connectivity index (χ3v) is 4.69. The zero-order valence-electron chi connectivity index (χ0n) is 15.3. The summed E-state index contributed by atoms with van der Waals surface area (Å²) < 4.78 is 2.64. The molecule has 3 heterocycles. The highest BCUT2D eigenvalue weighted by Crippen LogP contribution is 2.23. The fraction of sp³-hybridized carbons (Fsp3) is 0.143. The molecule has 0 saturated carbocycles. The largest absolute Gasteiger partial charge is 0.287 e. The average Bonchev–Trinajstić information content (AvgIpc) is 3.11. The van der Waals surface area contributed by atoms with Crippen molar-refractivity contribution < 1.29 is 4.79 Å². The summed E-state index contributed by atoms with van der Waals surface area (Å²) >= 11 is 3.52. The van der Waals surface area contributed by atoms with Crippen LogP contribution in [0.5, 0.6) is 0 Å². The highest BCUT2D eigenvalue weighted by molar-refractivity contribution is 9.11. The molecule has 0 radical (unpaired) electrons. The lowest BCUT2D eigenvalue weighted by Crippen LogP contribution is -2.05. The van der Waals surface area contributed by atoms with Crippen molar-refractivity contribution in [3.63, 3.8) is 0 Å². The number of halogens is 1. The van der Waals surface area contributed by atoms with Gasteiger partial charge in [-0.15, -0.1) is 0 Å². The van der Waals surface area contributed by atoms with Gasteiger partial charge in [0, 0.05) is 22.4 Å². The first-order chi connectivity index (χ1) is 13.0. The van der Waals surface area contributed by atoms with Crippen molar-refractivity contribution in [1.29, 1.82) is 0 Å². The Bertz CT molecular complexity index is 1080. The zero-order chi connectivity index (χ0) is 19.4. The van der Waals surface area contributed by atoms with Crippen molar-refractivity contribution in [2.45, 2.75) is 20.8 Å². The van der Waals surface area contributed by atoms with Crippen LogP contribution in [0.25, 0.3) is 11.2 Å². The Labute approximate surface area is 166 Å². The molecule has 0 fully saturated rings. The Morgan fingerprint density at radius 3 is 2.63 bits per heavy atom. The van der Waals surface area contributed by atoms with Crippen molar-refractivity contribution in [1.82, 2.24) is 19.6 Å². The van der Waals surface area contributed by atoms with E-state index < -0.39 is 0 Å². The number of hydrogen-bond acceptors (Lipinski definition) is 4. The van der Waals surface area contributed by atoms with Gasteiger partial charge in [0.05, 0.1) is 17.5 Å². The van der Waals surface area contributed by atoms with Gasteiger partial charge in [-0.1, -0.05) is 40.2 Å². The molecule has 0 unspecified atom stereocenters. The van der Waals surface area contributed by atoms with E-state index in [4.69, 9.17) is 0 Å². The van der Waals surface area contributed by atoms with Crippen LogP contribution in [0, 0.1) is 6.92 Å². The minimum Gasteiger partial charge on any atom is -0.287 e. The third kappa shape index (κ3) is 3.95. The van der Waals surface area contributed by atoms with E-state index in [2.05, 4.69) is 31.0 Å². The lowest BCUT2D eigenvalue weighted by molar-refractivity contribution is 0.103. The summed E-state index contributed by atoms with van der Waals surface area (Å²) in [6, 6.07) is 5.46. The number of aromatic nitrogens is 4. The Morgan fingerprint density at radius 1 is 1.15 bits per heavy atom. The number of carbonyl (C=O) groups is 1. The van der Waals surface area contributed by atoms with E-state index in [0.29, 0.717) is 16.9 Å². The number of pyridine rings is 1. The number of ketones is 1. The molecular formula is C21H19BrN4O. The second kappa shape index (κ2) is 8.22. The molecule has 0 aliphatic carbocycles. The molecule has 27 heavy (non-hydrogen) atoms. The van der Waals surface area contributed by atoms with E-state index in [-0.39, 0.29) is 5.78 Å². The summed E-state index contributed by atoms with van der Waals surface area (Å²) in [5.74, 6) is -0.194. The molecule has 5 nitrogen and oxygen atoms in total. The van der Waals surface area contributed by atoms with E-state index in [0.717, 1.165) is 21.3 Å². The first-order valence-corrected chi connectivity index (χ1v) is 9.31. The van der Waals surface area contributed by atoms with Gasteiger partial charge in [0.15, 0.2) is 5.65 Å². The van der Waals surface area contributed by atoms with Crippen molar-refractivity contribution in [2.24, 2.45) is 0 Å². The van der Waals surface area contributed by atoms with E-state index in [1.54, 1.807) is 29.2 Å². The van der Waals surface area contributed by atoms with Gasteiger partial charge in [0.25, 0.3) is 0 Å². The predicted octanol–water partition coefficient (Wildman–Crippen LogP) is 4.92. The molecule has 3 aromatic heterocycles. The number of rotatable bonds is 5. The second-order valence-electron chi connectivity index (χ2n) is 5.95. The number of fused-ring (bicyclic) bond motifs is 1. The van der Waals surface area contributed by atoms with Crippen LogP contribution in [0.3, 0.4) is 0 Å².